The zero-order valence-electron chi connectivity index (χ0n) is 9.74. The Kier molecular flexibility index (Phi) is 2.61. The zero-order valence-corrected chi connectivity index (χ0v) is 9.74. The lowest BCUT2D eigenvalue weighted by Crippen LogP contribution is -2.43. The number of benzene rings is 1. The Hall–Kier alpha value is -1.45. The number of alkyl halides is 3. The highest BCUT2D eigenvalue weighted by molar-refractivity contribution is 5.54. The maximum absolute atomic E-state index is 12.8. The van der Waals surface area contributed by atoms with Gasteiger partial charge in [0.1, 0.15) is 0 Å². The first-order valence-corrected chi connectivity index (χ1v) is 6.15. The molecule has 3 atom stereocenters. The van der Waals surface area contributed by atoms with Crippen LogP contribution in [0.3, 0.4) is 0 Å². The number of allylic oxidation sites excluding steroid dienone is 1. The molecule has 96 valence electrons. The van der Waals surface area contributed by atoms with Crippen LogP contribution in [-0.2, 0) is 6.18 Å². The molecule has 1 N–H and O–H groups in total. The van der Waals surface area contributed by atoms with Crippen molar-refractivity contribution in [3.8, 4) is 0 Å². The number of halogens is 3. The maximum Gasteiger partial charge on any atom is 0.418 e. The fraction of sp³-hybridized carbons (Fsp3) is 0.429. The summed E-state index contributed by atoms with van der Waals surface area (Å²) in [5, 5.41) is 3.05. The molecule has 1 aromatic rings. The predicted octanol–water partition coefficient (Wildman–Crippen LogP) is 4.08. The second kappa shape index (κ2) is 4.04. The van der Waals surface area contributed by atoms with Gasteiger partial charge in [0.15, 0.2) is 0 Å². The summed E-state index contributed by atoms with van der Waals surface area (Å²) < 4.78 is 38.5. The molecule has 0 saturated heterocycles. The number of anilines is 1. The predicted molar refractivity (Wildman–Crippen MR) is 64.2 cm³/mol. The Morgan fingerprint density at radius 3 is 2.67 bits per heavy atom. The van der Waals surface area contributed by atoms with E-state index in [1.807, 2.05) is 0 Å². The minimum Gasteiger partial charge on any atom is -0.381 e. The third-order valence-corrected chi connectivity index (χ3v) is 3.94. The van der Waals surface area contributed by atoms with Crippen LogP contribution in [0.4, 0.5) is 18.9 Å². The minimum absolute atomic E-state index is 0.150. The van der Waals surface area contributed by atoms with E-state index in [0.29, 0.717) is 11.8 Å². The van der Waals surface area contributed by atoms with E-state index >= 15 is 0 Å². The number of hydrogen-bond acceptors (Lipinski definition) is 1. The zero-order chi connectivity index (χ0) is 12.8. The summed E-state index contributed by atoms with van der Waals surface area (Å²) in [5.41, 5.74) is -0.371. The van der Waals surface area contributed by atoms with E-state index in [4.69, 9.17) is 0 Å². The van der Waals surface area contributed by atoms with Crippen LogP contribution in [0.2, 0.25) is 0 Å². The van der Waals surface area contributed by atoms with Crippen molar-refractivity contribution in [3.05, 3.63) is 42.0 Å². The molecule has 1 aromatic carbocycles. The van der Waals surface area contributed by atoms with Crippen LogP contribution in [0.15, 0.2) is 36.4 Å². The van der Waals surface area contributed by atoms with Crippen LogP contribution in [0.5, 0.6) is 0 Å². The molecule has 0 spiro atoms. The molecule has 0 heterocycles. The van der Waals surface area contributed by atoms with E-state index < -0.39 is 11.7 Å². The highest BCUT2D eigenvalue weighted by Crippen LogP contribution is 2.45. The molecular weight excluding hydrogens is 239 g/mol. The molecule has 2 aliphatic carbocycles. The fourth-order valence-corrected chi connectivity index (χ4v) is 2.94. The van der Waals surface area contributed by atoms with Crippen LogP contribution in [0.1, 0.15) is 18.4 Å². The van der Waals surface area contributed by atoms with Crippen LogP contribution < -0.4 is 5.32 Å². The molecule has 1 nitrogen and oxygen atoms in total. The lowest BCUT2D eigenvalue weighted by Gasteiger charge is -2.41. The summed E-state index contributed by atoms with van der Waals surface area (Å²) in [5.74, 6) is 1.05. The molecule has 4 heteroatoms. The van der Waals surface area contributed by atoms with Crippen molar-refractivity contribution in [3.63, 3.8) is 0 Å². The summed E-state index contributed by atoms with van der Waals surface area (Å²) in [6.45, 7) is 0. The van der Waals surface area contributed by atoms with Gasteiger partial charge >= 0.3 is 6.18 Å². The summed E-state index contributed by atoms with van der Waals surface area (Å²) >= 11 is 0. The van der Waals surface area contributed by atoms with E-state index in [1.165, 1.54) is 12.1 Å². The van der Waals surface area contributed by atoms with Gasteiger partial charge < -0.3 is 5.32 Å². The van der Waals surface area contributed by atoms with Gasteiger partial charge in [0.05, 0.1) is 5.56 Å². The molecule has 3 rings (SSSR count). The Balaban J connectivity index is 1.79. The molecule has 1 saturated carbocycles. The molecule has 0 radical (unpaired) electrons. The lowest BCUT2D eigenvalue weighted by atomic mass is 9.71. The van der Waals surface area contributed by atoms with Crippen LogP contribution in [-0.4, -0.2) is 6.04 Å². The summed E-state index contributed by atoms with van der Waals surface area (Å²) in [6.07, 6.45) is 2.00. The first kappa shape index (κ1) is 11.6. The third kappa shape index (κ3) is 1.89. The first-order chi connectivity index (χ1) is 8.55. The third-order valence-electron chi connectivity index (χ3n) is 3.94. The van der Waals surface area contributed by atoms with Crippen LogP contribution in [0.25, 0.3) is 0 Å². The van der Waals surface area contributed by atoms with E-state index in [1.54, 1.807) is 6.07 Å². The van der Waals surface area contributed by atoms with Gasteiger partial charge in [-0.1, -0.05) is 24.3 Å². The molecule has 18 heavy (non-hydrogen) atoms. The fourth-order valence-electron chi connectivity index (χ4n) is 2.94. The molecule has 0 aliphatic heterocycles. The summed E-state index contributed by atoms with van der Waals surface area (Å²) in [4.78, 5) is 0. The van der Waals surface area contributed by atoms with Crippen molar-refractivity contribution in [2.24, 2.45) is 11.8 Å². The van der Waals surface area contributed by atoms with Gasteiger partial charge in [0.2, 0.25) is 0 Å². The molecular formula is C14H14F3N. The average Bonchev–Trinajstić information content (AvgIpc) is 2.67. The van der Waals surface area contributed by atoms with Crippen LogP contribution >= 0.6 is 0 Å². The van der Waals surface area contributed by atoms with Gasteiger partial charge in [0, 0.05) is 17.6 Å². The van der Waals surface area contributed by atoms with E-state index in [0.717, 1.165) is 18.9 Å². The van der Waals surface area contributed by atoms with Crippen molar-refractivity contribution in [2.75, 3.05) is 5.32 Å². The number of nitrogens with one attached hydrogen (secondary N) is 1. The Morgan fingerprint density at radius 1 is 1.17 bits per heavy atom. The van der Waals surface area contributed by atoms with E-state index in [9.17, 15) is 13.2 Å². The quantitative estimate of drug-likeness (QED) is 0.783. The maximum atomic E-state index is 12.8. The number of rotatable bonds is 2. The Labute approximate surface area is 104 Å². The van der Waals surface area contributed by atoms with Crippen molar-refractivity contribution in [1.82, 2.24) is 0 Å². The lowest BCUT2D eigenvalue weighted by molar-refractivity contribution is -0.137. The standard InChI is InChI=1S/C14H14F3N/c15-14(16,17)11-6-1-2-7-12(11)18-13-8-9-4-3-5-10(9)13/h1-3,5-7,9-10,13,18H,4,8H2. The highest BCUT2D eigenvalue weighted by Gasteiger charge is 2.42. The molecule has 3 unspecified atom stereocenters. The van der Waals surface area contributed by atoms with Crippen molar-refractivity contribution >= 4 is 5.69 Å². The number of fused-ring (bicyclic) bond motifs is 1. The van der Waals surface area contributed by atoms with Gasteiger partial charge in [0.25, 0.3) is 0 Å². The van der Waals surface area contributed by atoms with E-state index in [2.05, 4.69) is 17.5 Å². The monoisotopic (exact) mass is 253 g/mol. The normalized spacial score (nSPS) is 29.8. The Morgan fingerprint density at radius 2 is 1.94 bits per heavy atom. The second-order valence-electron chi connectivity index (χ2n) is 5.03. The largest absolute Gasteiger partial charge is 0.418 e. The van der Waals surface area contributed by atoms with Crippen molar-refractivity contribution in [2.45, 2.75) is 25.1 Å². The van der Waals surface area contributed by atoms with E-state index in [-0.39, 0.29) is 11.7 Å². The first-order valence-electron chi connectivity index (χ1n) is 6.15. The molecule has 0 bridgehead atoms. The smallest absolute Gasteiger partial charge is 0.381 e. The van der Waals surface area contributed by atoms with Gasteiger partial charge in [-0.15, -0.1) is 0 Å². The number of hydrogen-bond donors (Lipinski definition) is 1. The van der Waals surface area contributed by atoms with Gasteiger partial charge in [-0.2, -0.15) is 13.2 Å². The molecule has 1 fully saturated rings. The topological polar surface area (TPSA) is 12.0 Å². The average molecular weight is 253 g/mol. The van der Waals surface area contributed by atoms with Crippen molar-refractivity contribution in [1.29, 1.82) is 0 Å². The van der Waals surface area contributed by atoms with Gasteiger partial charge in [-0.05, 0) is 30.9 Å². The van der Waals surface area contributed by atoms with Crippen molar-refractivity contribution < 1.29 is 13.2 Å². The molecule has 2 aliphatic rings. The Bertz CT molecular complexity index is 478. The summed E-state index contributed by atoms with van der Waals surface area (Å²) in [7, 11) is 0. The summed E-state index contributed by atoms with van der Waals surface area (Å²) in [6, 6.07) is 5.85. The molecule has 0 aromatic heterocycles. The van der Waals surface area contributed by atoms with Gasteiger partial charge in [-0.25, -0.2) is 0 Å². The number of para-hydroxylation sites is 1. The molecule has 0 amide bonds. The van der Waals surface area contributed by atoms with Gasteiger partial charge in [-0.3, -0.25) is 0 Å². The van der Waals surface area contributed by atoms with Crippen LogP contribution in [0, 0.1) is 11.8 Å². The second-order valence-corrected chi connectivity index (χ2v) is 5.03. The highest BCUT2D eigenvalue weighted by atomic mass is 19.4. The minimum atomic E-state index is -4.29. The SMILES string of the molecule is FC(F)(F)c1ccccc1NC1CC2CC=CC21.